The van der Waals surface area contributed by atoms with Gasteiger partial charge in [0.1, 0.15) is 5.75 Å². The van der Waals surface area contributed by atoms with Crippen LogP contribution in [0.25, 0.3) is 0 Å². The molecule has 0 bridgehead atoms. The van der Waals surface area contributed by atoms with Gasteiger partial charge >= 0.3 is 0 Å². The van der Waals surface area contributed by atoms with Gasteiger partial charge in [0.25, 0.3) is 0 Å². The van der Waals surface area contributed by atoms with Gasteiger partial charge in [0.15, 0.2) is 0 Å². The van der Waals surface area contributed by atoms with E-state index in [1.54, 1.807) is 7.11 Å². The third-order valence-corrected chi connectivity index (χ3v) is 4.10. The van der Waals surface area contributed by atoms with Crippen molar-refractivity contribution in [3.05, 3.63) is 29.8 Å². The summed E-state index contributed by atoms with van der Waals surface area (Å²) in [7, 11) is 3.76. The van der Waals surface area contributed by atoms with Crippen LogP contribution >= 0.6 is 0 Å². The summed E-state index contributed by atoms with van der Waals surface area (Å²) in [6.45, 7) is 2.76. The molecule has 0 aliphatic carbocycles. The van der Waals surface area contributed by atoms with Crippen LogP contribution in [-0.4, -0.2) is 44.6 Å². The molecule has 1 atom stereocenters. The molecule has 1 amide bonds. The summed E-state index contributed by atoms with van der Waals surface area (Å²) < 4.78 is 5.14. The van der Waals surface area contributed by atoms with E-state index in [2.05, 4.69) is 29.4 Å². The zero-order valence-electron chi connectivity index (χ0n) is 13.1. The van der Waals surface area contributed by atoms with E-state index >= 15 is 0 Å². The minimum atomic E-state index is 0.171. The van der Waals surface area contributed by atoms with E-state index in [0.717, 1.165) is 51.1 Å². The number of amides is 1. The molecule has 1 unspecified atom stereocenters. The molecule has 2 rings (SSSR count). The summed E-state index contributed by atoms with van der Waals surface area (Å²) in [4.78, 5) is 14.3. The van der Waals surface area contributed by atoms with Crippen molar-refractivity contribution >= 4 is 5.91 Å². The number of benzene rings is 1. The predicted molar refractivity (Wildman–Crippen MR) is 84.5 cm³/mol. The van der Waals surface area contributed by atoms with Crippen molar-refractivity contribution in [2.45, 2.75) is 25.7 Å². The molecule has 1 aliphatic rings. The smallest absolute Gasteiger partial charge is 0.224 e. The molecule has 0 aromatic heterocycles. The van der Waals surface area contributed by atoms with Gasteiger partial charge in [0.2, 0.25) is 5.91 Å². The molecule has 1 N–H and O–H groups in total. The molecule has 1 heterocycles. The fraction of sp³-hybridized carbons (Fsp3) is 0.588. The molecule has 4 heteroatoms. The Morgan fingerprint density at radius 3 is 2.81 bits per heavy atom. The Morgan fingerprint density at radius 2 is 2.14 bits per heavy atom. The van der Waals surface area contributed by atoms with Crippen molar-refractivity contribution in [3.63, 3.8) is 0 Å². The minimum absolute atomic E-state index is 0.171. The number of hydrogen-bond acceptors (Lipinski definition) is 3. The number of nitrogens with one attached hydrogen (secondary N) is 1. The van der Waals surface area contributed by atoms with Crippen molar-refractivity contribution in [2.75, 3.05) is 33.8 Å². The van der Waals surface area contributed by atoms with Crippen molar-refractivity contribution in [1.29, 1.82) is 0 Å². The van der Waals surface area contributed by atoms with Crippen LogP contribution in [0.4, 0.5) is 0 Å². The summed E-state index contributed by atoms with van der Waals surface area (Å²) in [5.41, 5.74) is 1.28. The highest BCUT2D eigenvalue weighted by Crippen LogP contribution is 2.15. The largest absolute Gasteiger partial charge is 0.497 e. The summed E-state index contributed by atoms with van der Waals surface area (Å²) in [6.07, 6.45) is 4.10. The number of methoxy groups -OCH3 is 1. The van der Waals surface area contributed by atoms with Crippen LogP contribution in [0, 0.1) is 5.92 Å². The SMILES string of the molecule is COc1ccc(CCCNC(=O)C2CCCN(C)C2)cc1. The second-order valence-electron chi connectivity index (χ2n) is 5.84. The number of piperidine rings is 1. The fourth-order valence-corrected chi connectivity index (χ4v) is 2.82. The Morgan fingerprint density at radius 1 is 1.38 bits per heavy atom. The third-order valence-electron chi connectivity index (χ3n) is 4.10. The molecule has 1 fully saturated rings. The Bertz CT molecular complexity index is 445. The first-order valence-electron chi connectivity index (χ1n) is 7.78. The number of ether oxygens (including phenoxy) is 1. The zero-order valence-corrected chi connectivity index (χ0v) is 13.1. The molecule has 0 saturated carbocycles. The van der Waals surface area contributed by atoms with Gasteiger partial charge in [0.05, 0.1) is 13.0 Å². The van der Waals surface area contributed by atoms with Crippen LogP contribution in [0.3, 0.4) is 0 Å². The van der Waals surface area contributed by atoms with E-state index in [4.69, 9.17) is 4.74 Å². The summed E-state index contributed by atoms with van der Waals surface area (Å²) in [5, 5.41) is 3.08. The normalized spacial score (nSPS) is 19.2. The van der Waals surface area contributed by atoms with Gasteiger partial charge in [0, 0.05) is 13.1 Å². The standard InChI is InChI=1S/C17H26N2O2/c1-19-12-4-6-15(13-19)17(20)18-11-3-5-14-7-9-16(21-2)10-8-14/h7-10,15H,3-6,11-13H2,1-2H3,(H,18,20). The quantitative estimate of drug-likeness (QED) is 0.816. The van der Waals surface area contributed by atoms with E-state index in [1.807, 2.05) is 12.1 Å². The first kappa shape index (κ1) is 15.8. The van der Waals surface area contributed by atoms with Crippen LogP contribution in [0.1, 0.15) is 24.8 Å². The lowest BCUT2D eigenvalue weighted by Crippen LogP contribution is -2.41. The number of aryl methyl sites for hydroxylation is 1. The number of carbonyl (C=O) groups excluding carboxylic acids is 1. The number of carbonyl (C=O) groups is 1. The lowest BCUT2D eigenvalue weighted by Gasteiger charge is -2.28. The van der Waals surface area contributed by atoms with E-state index in [9.17, 15) is 4.79 Å². The molecule has 0 radical (unpaired) electrons. The van der Waals surface area contributed by atoms with Gasteiger partial charge in [-0.15, -0.1) is 0 Å². The Balaban J connectivity index is 1.65. The van der Waals surface area contributed by atoms with Crippen LogP contribution in [0.2, 0.25) is 0 Å². The van der Waals surface area contributed by atoms with Crippen molar-refractivity contribution in [3.8, 4) is 5.75 Å². The zero-order chi connectivity index (χ0) is 15.1. The van der Waals surface area contributed by atoms with Crippen LogP contribution in [-0.2, 0) is 11.2 Å². The van der Waals surface area contributed by atoms with E-state index in [1.165, 1.54) is 5.56 Å². The molecule has 1 aromatic carbocycles. The molecule has 21 heavy (non-hydrogen) atoms. The second-order valence-corrected chi connectivity index (χ2v) is 5.84. The first-order valence-corrected chi connectivity index (χ1v) is 7.78. The van der Waals surface area contributed by atoms with Crippen LogP contribution < -0.4 is 10.1 Å². The number of rotatable bonds is 6. The molecule has 116 valence electrons. The Kier molecular flexibility index (Phi) is 6.05. The fourth-order valence-electron chi connectivity index (χ4n) is 2.82. The van der Waals surface area contributed by atoms with Crippen LogP contribution in [0.15, 0.2) is 24.3 Å². The molecular weight excluding hydrogens is 264 g/mol. The average molecular weight is 290 g/mol. The number of likely N-dealkylation sites (tertiary alicyclic amines) is 1. The highest BCUT2D eigenvalue weighted by atomic mass is 16.5. The second kappa shape index (κ2) is 8.03. The lowest BCUT2D eigenvalue weighted by molar-refractivity contribution is -0.126. The molecule has 1 aliphatic heterocycles. The van der Waals surface area contributed by atoms with E-state index in [-0.39, 0.29) is 11.8 Å². The van der Waals surface area contributed by atoms with Gasteiger partial charge < -0.3 is 15.0 Å². The monoisotopic (exact) mass is 290 g/mol. The maximum Gasteiger partial charge on any atom is 0.224 e. The number of nitrogens with zero attached hydrogens (tertiary/aromatic N) is 1. The van der Waals surface area contributed by atoms with E-state index < -0.39 is 0 Å². The predicted octanol–water partition coefficient (Wildman–Crippen LogP) is 2.09. The number of hydrogen-bond donors (Lipinski definition) is 1. The van der Waals surface area contributed by atoms with Gasteiger partial charge in [-0.25, -0.2) is 0 Å². The van der Waals surface area contributed by atoms with Crippen molar-refractivity contribution in [1.82, 2.24) is 10.2 Å². The third kappa shape index (κ3) is 5.05. The van der Waals surface area contributed by atoms with Crippen LogP contribution in [0.5, 0.6) is 5.75 Å². The molecule has 4 nitrogen and oxygen atoms in total. The van der Waals surface area contributed by atoms with Crippen molar-refractivity contribution < 1.29 is 9.53 Å². The average Bonchev–Trinajstić information content (AvgIpc) is 2.52. The van der Waals surface area contributed by atoms with Crippen molar-refractivity contribution in [2.24, 2.45) is 5.92 Å². The molecular formula is C17H26N2O2. The summed E-state index contributed by atoms with van der Waals surface area (Å²) in [6, 6.07) is 8.12. The van der Waals surface area contributed by atoms with E-state index in [0.29, 0.717) is 0 Å². The summed E-state index contributed by atoms with van der Waals surface area (Å²) >= 11 is 0. The maximum absolute atomic E-state index is 12.1. The van der Waals surface area contributed by atoms with Gasteiger partial charge in [-0.2, -0.15) is 0 Å². The Labute approximate surface area is 127 Å². The molecule has 1 saturated heterocycles. The molecule has 0 spiro atoms. The highest BCUT2D eigenvalue weighted by molar-refractivity contribution is 5.78. The topological polar surface area (TPSA) is 41.6 Å². The first-order chi connectivity index (χ1) is 10.2. The maximum atomic E-state index is 12.1. The minimum Gasteiger partial charge on any atom is -0.497 e. The lowest BCUT2D eigenvalue weighted by atomic mass is 9.97. The summed E-state index contributed by atoms with van der Waals surface area (Å²) in [5.74, 6) is 1.27. The highest BCUT2D eigenvalue weighted by Gasteiger charge is 2.23. The molecule has 1 aromatic rings. The van der Waals surface area contributed by atoms with Gasteiger partial charge in [-0.1, -0.05) is 12.1 Å². The Hall–Kier alpha value is -1.55. The van der Waals surface area contributed by atoms with Gasteiger partial charge in [-0.3, -0.25) is 4.79 Å². The van der Waals surface area contributed by atoms with Gasteiger partial charge in [-0.05, 0) is 57.0 Å².